The van der Waals surface area contributed by atoms with Crippen molar-refractivity contribution in [1.29, 1.82) is 0 Å². The molecule has 0 aromatic carbocycles. The van der Waals surface area contributed by atoms with Gasteiger partial charge in [0, 0.05) is 24.5 Å². The molecule has 0 saturated heterocycles. The number of hydrogen-bond donors (Lipinski definition) is 1. The fourth-order valence-corrected chi connectivity index (χ4v) is 4.67. The van der Waals surface area contributed by atoms with E-state index in [-0.39, 0.29) is 5.25 Å². The number of nitrogens with zero attached hydrogens (tertiary/aromatic N) is 1. The maximum absolute atomic E-state index is 12.5. The average Bonchev–Trinajstić information content (AvgIpc) is 2.85. The first-order valence-electron chi connectivity index (χ1n) is 6.80. The summed E-state index contributed by atoms with van der Waals surface area (Å²) >= 11 is 1.73. The highest BCUT2D eigenvalue weighted by Crippen LogP contribution is 2.26. The molecule has 1 aliphatic rings. The molecule has 1 aromatic heterocycles. The first kappa shape index (κ1) is 15.0. The summed E-state index contributed by atoms with van der Waals surface area (Å²) in [5.74, 6) is 0. The molecule has 0 fully saturated rings. The van der Waals surface area contributed by atoms with Crippen molar-refractivity contribution < 1.29 is 8.42 Å². The van der Waals surface area contributed by atoms with Crippen molar-refractivity contribution in [2.24, 2.45) is 0 Å². The van der Waals surface area contributed by atoms with E-state index in [2.05, 4.69) is 12.2 Å². The molecule has 0 spiro atoms. The second-order valence-corrected chi connectivity index (χ2v) is 8.36. The van der Waals surface area contributed by atoms with Crippen LogP contribution in [0.4, 0.5) is 0 Å². The predicted molar refractivity (Wildman–Crippen MR) is 80.0 cm³/mol. The molecule has 1 unspecified atom stereocenters. The number of nitrogens with one attached hydrogen (secondary N) is 1. The van der Waals surface area contributed by atoms with Gasteiger partial charge in [-0.2, -0.15) is 4.31 Å². The van der Waals surface area contributed by atoms with Crippen LogP contribution in [0.1, 0.15) is 30.7 Å². The van der Waals surface area contributed by atoms with Crippen molar-refractivity contribution >= 4 is 21.4 Å². The van der Waals surface area contributed by atoms with E-state index in [0.717, 1.165) is 19.4 Å². The summed E-state index contributed by atoms with van der Waals surface area (Å²) in [4.78, 5) is 1.34. The van der Waals surface area contributed by atoms with Crippen LogP contribution < -0.4 is 5.32 Å². The highest BCUT2D eigenvalue weighted by molar-refractivity contribution is 7.89. The van der Waals surface area contributed by atoms with Gasteiger partial charge in [-0.1, -0.05) is 6.92 Å². The van der Waals surface area contributed by atoms with Crippen LogP contribution in [-0.4, -0.2) is 37.6 Å². The molecule has 6 heteroatoms. The highest BCUT2D eigenvalue weighted by atomic mass is 32.2. The van der Waals surface area contributed by atoms with Gasteiger partial charge in [0.25, 0.3) is 0 Å². The van der Waals surface area contributed by atoms with Gasteiger partial charge in [-0.05, 0) is 43.3 Å². The van der Waals surface area contributed by atoms with Gasteiger partial charge in [0.15, 0.2) is 0 Å². The standard InChI is InChI=1S/C13H22N2O2S2/c1-3-6-14-9-11(2)19(16,17)15-7-4-13-12(10-15)5-8-18-13/h5,8,11,14H,3-4,6-7,9-10H2,1-2H3. The summed E-state index contributed by atoms with van der Waals surface area (Å²) in [5.41, 5.74) is 1.17. The van der Waals surface area contributed by atoms with Gasteiger partial charge >= 0.3 is 0 Å². The average molecular weight is 302 g/mol. The van der Waals surface area contributed by atoms with Gasteiger partial charge in [-0.25, -0.2) is 8.42 Å². The van der Waals surface area contributed by atoms with E-state index in [9.17, 15) is 8.42 Å². The smallest absolute Gasteiger partial charge is 0.218 e. The van der Waals surface area contributed by atoms with Gasteiger partial charge in [0.05, 0.1) is 5.25 Å². The van der Waals surface area contributed by atoms with E-state index in [4.69, 9.17) is 0 Å². The molecule has 0 aliphatic carbocycles. The van der Waals surface area contributed by atoms with Gasteiger partial charge < -0.3 is 5.32 Å². The summed E-state index contributed by atoms with van der Waals surface area (Å²) in [6.07, 6.45) is 1.87. The van der Waals surface area contributed by atoms with E-state index >= 15 is 0 Å². The summed E-state index contributed by atoms with van der Waals surface area (Å²) in [7, 11) is -3.19. The zero-order valence-corrected chi connectivity index (χ0v) is 13.2. The molecule has 1 atom stereocenters. The number of hydrogen-bond acceptors (Lipinski definition) is 4. The molecule has 1 aromatic rings. The molecular formula is C13H22N2O2S2. The second-order valence-electron chi connectivity index (χ2n) is 5.01. The normalized spacial score (nSPS) is 18.2. The van der Waals surface area contributed by atoms with Crippen molar-refractivity contribution in [3.8, 4) is 0 Å². The Kier molecular flexibility index (Phi) is 5.00. The van der Waals surface area contributed by atoms with E-state index in [0.29, 0.717) is 19.6 Å². The first-order chi connectivity index (χ1) is 9.05. The fourth-order valence-electron chi connectivity index (χ4n) is 2.28. The molecule has 0 amide bonds. The Balaban J connectivity index is 2.00. The lowest BCUT2D eigenvalue weighted by molar-refractivity contribution is 0.387. The van der Waals surface area contributed by atoms with Crippen LogP contribution in [0.2, 0.25) is 0 Å². The SMILES string of the molecule is CCCNCC(C)S(=O)(=O)N1CCc2sccc2C1. The molecule has 1 N–H and O–H groups in total. The molecule has 19 heavy (non-hydrogen) atoms. The summed E-state index contributed by atoms with van der Waals surface area (Å²) in [5, 5.41) is 4.88. The molecule has 2 heterocycles. The van der Waals surface area contributed by atoms with Crippen molar-refractivity contribution in [1.82, 2.24) is 9.62 Å². The van der Waals surface area contributed by atoms with Crippen molar-refractivity contribution in [2.45, 2.75) is 38.5 Å². The molecule has 0 bridgehead atoms. The fraction of sp³-hybridized carbons (Fsp3) is 0.692. The minimum Gasteiger partial charge on any atom is -0.315 e. The van der Waals surface area contributed by atoms with Gasteiger partial charge in [-0.3, -0.25) is 0 Å². The second kappa shape index (κ2) is 6.35. The van der Waals surface area contributed by atoms with Crippen LogP contribution in [0.3, 0.4) is 0 Å². The molecule has 4 nitrogen and oxygen atoms in total. The monoisotopic (exact) mass is 302 g/mol. The topological polar surface area (TPSA) is 49.4 Å². The third kappa shape index (κ3) is 3.37. The van der Waals surface area contributed by atoms with Gasteiger partial charge in [-0.15, -0.1) is 11.3 Å². The third-order valence-electron chi connectivity index (χ3n) is 3.50. The van der Waals surface area contributed by atoms with Gasteiger partial charge in [0.1, 0.15) is 0 Å². The Bertz CT molecular complexity index is 510. The summed E-state index contributed by atoms with van der Waals surface area (Å²) < 4.78 is 26.6. The Hall–Kier alpha value is -0.430. The zero-order chi connectivity index (χ0) is 13.9. The lowest BCUT2D eigenvalue weighted by atomic mass is 10.1. The van der Waals surface area contributed by atoms with E-state index in [1.807, 2.05) is 11.4 Å². The Morgan fingerprint density at radius 1 is 1.53 bits per heavy atom. The summed E-state index contributed by atoms with van der Waals surface area (Å²) in [6.45, 7) is 6.43. The van der Waals surface area contributed by atoms with Crippen LogP contribution >= 0.6 is 11.3 Å². The zero-order valence-electron chi connectivity index (χ0n) is 11.6. The van der Waals surface area contributed by atoms with Crippen molar-refractivity contribution in [2.75, 3.05) is 19.6 Å². The number of fused-ring (bicyclic) bond motifs is 1. The number of thiophene rings is 1. The Morgan fingerprint density at radius 2 is 2.32 bits per heavy atom. The maximum atomic E-state index is 12.5. The van der Waals surface area contributed by atoms with E-state index in [1.165, 1.54) is 10.4 Å². The number of rotatable bonds is 6. The molecule has 2 rings (SSSR count). The Labute approximate surface area is 119 Å². The van der Waals surface area contributed by atoms with Crippen LogP contribution in [0.15, 0.2) is 11.4 Å². The van der Waals surface area contributed by atoms with Crippen molar-refractivity contribution in [3.05, 3.63) is 21.9 Å². The highest BCUT2D eigenvalue weighted by Gasteiger charge is 2.31. The van der Waals surface area contributed by atoms with Crippen LogP contribution in [0.5, 0.6) is 0 Å². The van der Waals surface area contributed by atoms with E-state index < -0.39 is 10.0 Å². The van der Waals surface area contributed by atoms with Gasteiger partial charge in [0.2, 0.25) is 10.0 Å². The molecule has 0 radical (unpaired) electrons. The van der Waals surface area contributed by atoms with Crippen LogP contribution in [0, 0.1) is 0 Å². The molecule has 108 valence electrons. The molecular weight excluding hydrogens is 280 g/mol. The summed E-state index contributed by atoms with van der Waals surface area (Å²) in [6, 6.07) is 2.04. The lowest BCUT2D eigenvalue weighted by Crippen LogP contribution is -2.44. The molecule has 0 saturated carbocycles. The maximum Gasteiger partial charge on any atom is 0.218 e. The van der Waals surface area contributed by atoms with Crippen molar-refractivity contribution in [3.63, 3.8) is 0 Å². The quantitative estimate of drug-likeness (QED) is 0.816. The number of sulfonamides is 1. The van der Waals surface area contributed by atoms with Crippen LogP contribution in [0.25, 0.3) is 0 Å². The lowest BCUT2D eigenvalue weighted by Gasteiger charge is -2.29. The Morgan fingerprint density at radius 3 is 3.05 bits per heavy atom. The predicted octanol–water partition coefficient (Wildman–Crippen LogP) is 1.82. The first-order valence-corrected chi connectivity index (χ1v) is 9.19. The van der Waals surface area contributed by atoms with Crippen LogP contribution in [-0.2, 0) is 23.0 Å². The third-order valence-corrected chi connectivity index (χ3v) is 6.74. The molecule has 1 aliphatic heterocycles. The largest absolute Gasteiger partial charge is 0.315 e. The van der Waals surface area contributed by atoms with E-state index in [1.54, 1.807) is 22.6 Å². The minimum atomic E-state index is -3.19. The minimum absolute atomic E-state index is 0.362.